The van der Waals surface area contributed by atoms with Crippen molar-refractivity contribution in [1.29, 1.82) is 0 Å². The Morgan fingerprint density at radius 2 is 2.32 bits per heavy atom. The van der Waals surface area contributed by atoms with E-state index in [1.807, 2.05) is 6.92 Å². The second kappa shape index (κ2) is 6.50. The van der Waals surface area contributed by atoms with Crippen molar-refractivity contribution in [1.82, 2.24) is 10.2 Å². The average Bonchev–Trinajstić information content (AvgIpc) is 2.71. The summed E-state index contributed by atoms with van der Waals surface area (Å²) in [6, 6.07) is 3.12. The van der Waals surface area contributed by atoms with Crippen LogP contribution in [-0.4, -0.2) is 41.1 Å². The lowest BCUT2D eigenvalue weighted by atomic mass is 9.85. The predicted octanol–water partition coefficient (Wildman–Crippen LogP) is 2.08. The van der Waals surface area contributed by atoms with Gasteiger partial charge in [-0.05, 0) is 43.3 Å². The molecule has 106 valence electrons. The van der Waals surface area contributed by atoms with E-state index in [1.165, 1.54) is 10.4 Å². The molecule has 0 unspecified atom stereocenters. The van der Waals surface area contributed by atoms with Gasteiger partial charge in [-0.3, -0.25) is 9.69 Å². The van der Waals surface area contributed by atoms with Gasteiger partial charge in [0.1, 0.15) is 0 Å². The minimum absolute atomic E-state index is 0.165. The molecule has 1 aliphatic rings. The molecule has 1 saturated carbocycles. The summed E-state index contributed by atoms with van der Waals surface area (Å²) < 4.78 is 0. The number of rotatable bonds is 7. The van der Waals surface area contributed by atoms with Crippen LogP contribution in [-0.2, 0) is 11.3 Å². The van der Waals surface area contributed by atoms with Crippen LogP contribution in [0.1, 0.15) is 30.2 Å². The second-order valence-corrected chi connectivity index (χ2v) is 6.19. The van der Waals surface area contributed by atoms with E-state index in [2.05, 4.69) is 28.6 Å². The van der Waals surface area contributed by atoms with E-state index in [1.54, 1.807) is 11.3 Å². The third-order valence-electron chi connectivity index (χ3n) is 3.89. The van der Waals surface area contributed by atoms with Crippen LogP contribution in [0.15, 0.2) is 11.4 Å². The normalized spacial score (nSPS) is 22.5. The predicted molar refractivity (Wildman–Crippen MR) is 77.6 cm³/mol. The first-order chi connectivity index (χ1) is 9.10. The summed E-state index contributed by atoms with van der Waals surface area (Å²) in [4.78, 5) is 14.2. The number of aliphatic carboxylic acids is 1. The van der Waals surface area contributed by atoms with E-state index in [-0.39, 0.29) is 6.54 Å². The maximum Gasteiger partial charge on any atom is 0.317 e. The molecule has 4 nitrogen and oxygen atoms in total. The molecular weight excluding hydrogens is 260 g/mol. The minimum atomic E-state index is -0.729. The Hall–Kier alpha value is -0.910. The van der Waals surface area contributed by atoms with Crippen molar-refractivity contribution in [3.05, 3.63) is 21.9 Å². The van der Waals surface area contributed by atoms with Crippen LogP contribution in [0.5, 0.6) is 0 Å². The molecule has 0 aromatic carbocycles. The summed E-state index contributed by atoms with van der Waals surface area (Å²) in [6.45, 7) is 6.08. The van der Waals surface area contributed by atoms with E-state index in [9.17, 15) is 4.79 Å². The zero-order chi connectivity index (χ0) is 13.8. The monoisotopic (exact) mass is 282 g/mol. The maximum absolute atomic E-state index is 10.8. The summed E-state index contributed by atoms with van der Waals surface area (Å²) >= 11 is 1.80. The number of carboxylic acid groups (broad SMARTS) is 1. The number of hydrogen-bond acceptors (Lipinski definition) is 4. The van der Waals surface area contributed by atoms with Gasteiger partial charge < -0.3 is 10.4 Å². The van der Waals surface area contributed by atoms with Crippen LogP contribution in [0, 0.1) is 6.92 Å². The molecule has 0 amide bonds. The van der Waals surface area contributed by atoms with Gasteiger partial charge in [0.2, 0.25) is 0 Å². The Morgan fingerprint density at radius 3 is 2.84 bits per heavy atom. The molecule has 0 spiro atoms. The Bertz CT molecular complexity index is 427. The number of aryl methyl sites for hydroxylation is 1. The van der Waals surface area contributed by atoms with Gasteiger partial charge >= 0.3 is 5.97 Å². The largest absolute Gasteiger partial charge is 0.480 e. The first kappa shape index (κ1) is 14.5. The highest BCUT2D eigenvalue weighted by atomic mass is 32.1. The van der Waals surface area contributed by atoms with Gasteiger partial charge in [0.05, 0.1) is 6.54 Å². The first-order valence-corrected chi connectivity index (χ1v) is 7.70. The molecular formula is C14H22N2O2S. The molecule has 0 atom stereocenters. The molecule has 1 heterocycles. The van der Waals surface area contributed by atoms with Crippen molar-refractivity contribution >= 4 is 17.3 Å². The molecule has 0 bridgehead atoms. The molecule has 1 fully saturated rings. The van der Waals surface area contributed by atoms with E-state index in [0.717, 1.165) is 25.9 Å². The molecule has 0 aliphatic heterocycles. The lowest BCUT2D eigenvalue weighted by molar-refractivity contribution is -0.139. The fraction of sp³-hybridized carbons (Fsp3) is 0.643. The molecule has 2 N–H and O–H groups in total. The molecule has 1 aromatic heterocycles. The third-order valence-corrected chi connectivity index (χ3v) is 4.92. The maximum atomic E-state index is 10.8. The average molecular weight is 282 g/mol. The number of thiophene rings is 1. The van der Waals surface area contributed by atoms with E-state index in [0.29, 0.717) is 12.1 Å². The lowest BCUT2D eigenvalue weighted by Gasteiger charge is -2.42. The summed E-state index contributed by atoms with van der Waals surface area (Å²) in [5.41, 5.74) is 1.36. The molecule has 5 heteroatoms. The third kappa shape index (κ3) is 3.78. The second-order valence-electron chi connectivity index (χ2n) is 5.19. The summed E-state index contributed by atoms with van der Waals surface area (Å²) in [7, 11) is 0. The Morgan fingerprint density at radius 1 is 1.58 bits per heavy atom. The number of carbonyl (C=O) groups is 1. The minimum Gasteiger partial charge on any atom is -0.480 e. The quantitative estimate of drug-likeness (QED) is 0.804. The van der Waals surface area contributed by atoms with Gasteiger partial charge in [-0.2, -0.15) is 0 Å². The number of nitrogens with one attached hydrogen (secondary N) is 1. The van der Waals surface area contributed by atoms with Crippen molar-refractivity contribution in [3.63, 3.8) is 0 Å². The van der Waals surface area contributed by atoms with E-state index >= 15 is 0 Å². The van der Waals surface area contributed by atoms with Crippen molar-refractivity contribution in [2.24, 2.45) is 0 Å². The first-order valence-electron chi connectivity index (χ1n) is 6.82. The molecule has 1 aromatic rings. The van der Waals surface area contributed by atoms with Crippen LogP contribution < -0.4 is 5.32 Å². The topological polar surface area (TPSA) is 52.6 Å². The Labute approximate surface area is 118 Å². The van der Waals surface area contributed by atoms with E-state index in [4.69, 9.17) is 5.11 Å². The van der Waals surface area contributed by atoms with Crippen molar-refractivity contribution < 1.29 is 9.90 Å². The number of nitrogens with zero attached hydrogens (tertiary/aromatic N) is 1. The SMILES string of the molecule is CCN(CC(=O)O)C1CC(NCc2sccc2C)C1. The molecule has 1 aliphatic carbocycles. The standard InChI is InChI=1S/C14H22N2O2S/c1-3-16(9-14(17)18)12-6-11(7-12)15-8-13-10(2)4-5-19-13/h4-5,11-12,15H,3,6-9H2,1-2H3,(H,17,18). The number of hydrogen-bond donors (Lipinski definition) is 2. The van der Waals surface area contributed by atoms with Gasteiger partial charge in [-0.15, -0.1) is 11.3 Å². The molecule has 0 radical (unpaired) electrons. The highest BCUT2D eigenvalue weighted by molar-refractivity contribution is 7.10. The van der Waals surface area contributed by atoms with Gasteiger partial charge in [0.25, 0.3) is 0 Å². The fourth-order valence-corrected chi connectivity index (χ4v) is 3.40. The molecule has 2 rings (SSSR count). The van der Waals surface area contributed by atoms with Crippen molar-refractivity contribution in [2.75, 3.05) is 13.1 Å². The van der Waals surface area contributed by atoms with Crippen LogP contribution in [0.3, 0.4) is 0 Å². The van der Waals surface area contributed by atoms with Crippen LogP contribution >= 0.6 is 11.3 Å². The summed E-state index contributed by atoms with van der Waals surface area (Å²) in [5, 5.41) is 14.5. The lowest BCUT2D eigenvalue weighted by Crippen LogP contribution is -2.53. The number of carboxylic acids is 1. The zero-order valence-electron chi connectivity index (χ0n) is 11.6. The highest BCUT2D eigenvalue weighted by Crippen LogP contribution is 2.26. The Kier molecular flexibility index (Phi) is 4.96. The summed E-state index contributed by atoms with van der Waals surface area (Å²) in [5.74, 6) is -0.729. The Balaban J connectivity index is 1.71. The van der Waals surface area contributed by atoms with Gasteiger partial charge in [0.15, 0.2) is 0 Å². The number of likely N-dealkylation sites (N-methyl/N-ethyl adjacent to an activating group) is 1. The van der Waals surface area contributed by atoms with Gasteiger partial charge in [-0.25, -0.2) is 0 Å². The van der Waals surface area contributed by atoms with Crippen LogP contribution in [0.2, 0.25) is 0 Å². The van der Waals surface area contributed by atoms with Crippen molar-refractivity contribution in [2.45, 2.75) is 45.3 Å². The van der Waals surface area contributed by atoms with E-state index < -0.39 is 5.97 Å². The van der Waals surface area contributed by atoms with Crippen molar-refractivity contribution in [3.8, 4) is 0 Å². The summed E-state index contributed by atoms with van der Waals surface area (Å²) in [6.07, 6.45) is 2.12. The fourth-order valence-electron chi connectivity index (χ4n) is 2.55. The van der Waals surface area contributed by atoms with Gasteiger partial charge in [-0.1, -0.05) is 6.92 Å². The molecule has 19 heavy (non-hydrogen) atoms. The zero-order valence-corrected chi connectivity index (χ0v) is 12.4. The highest BCUT2D eigenvalue weighted by Gasteiger charge is 2.33. The van der Waals surface area contributed by atoms with Gasteiger partial charge in [0, 0.05) is 23.5 Å². The van der Waals surface area contributed by atoms with Crippen LogP contribution in [0.4, 0.5) is 0 Å². The van der Waals surface area contributed by atoms with Crippen LogP contribution in [0.25, 0.3) is 0 Å². The molecule has 0 saturated heterocycles. The smallest absolute Gasteiger partial charge is 0.317 e.